The van der Waals surface area contributed by atoms with Gasteiger partial charge in [-0.25, -0.2) is 0 Å². The molecule has 0 aromatic carbocycles. The normalized spacial score (nSPS) is 13.3. The number of hydrogen-bond acceptors (Lipinski definition) is 2. The molecule has 0 aromatic heterocycles. The maximum atomic E-state index is 5.54. The van der Waals surface area contributed by atoms with Gasteiger partial charge in [-0.1, -0.05) is 6.92 Å². The van der Waals surface area contributed by atoms with Crippen molar-refractivity contribution < 1.29 is 4.74 Å². The third kappa shape index (κ3) is 4.97. The maximum absolute atomic E-state index is 5.54. The first kappa shape index (κ1) is 11.2. The Labute approximate surface area is 75.3 Å². The first-order valence-electron chi connectivity index (χ1n) is 4.39. The minimum Gasteiger partial charge on any atom is -0.466 e. The summed E-state index contributed by atoms with van der Waals surface area (Å²) in [6.45, 7) is 6.83. The smallest absolute Gasteiger partial charge is 0.113 e. The Morgan fingerprint density at radius 3 is 2.58 bits per heavy atom. The summed E-state index contributed by atoms with van der Waals surface area (Å²) in [6.07, 6.45) is 5.06. The zero-order valence-electron chi connectivity index (χ0n) is 8.48. The lowest BCUT2D eigenvalue weighted by Gasteiger charge is -2.08. The number of likely N-dealkylation sites (N-methyl/N-ethyl adjacent to an activating group) is 1. The van der Waals surface area contributed by atoms with Gasteiger partial charge in [-0.2, -0.15) is 0 Å². The molecule has 0 atom stereocenters. The lowest BCUT2D eigenvalue weighted by molar-refractivity contribution is 0.294. The van der Waals surface area contributed by atoms with Gasteiger partial charge in [-0.05, 0) is 39.5 Å². The largest absolute Gasteiger partial charge is 0.466 e. The molecule has 0 unspecified atom stereocenters. The molecule has 70 valence electrons. The summed E-state index contributed by atoms with van der Waals surface area (Å²) in [7, 11) is 1.91. The Morgan fingerprint density at radius 2 is 2.17 bits per heavy atom. The van der Waals surface area contributed by atoms with E-state index < -0.39 is 0 Å². The average Bonchev–Trinajstić information content (AvgIpc) is 2.04. The van der Waals surface area contributed by atoms with Gasteiger partial charge in [0.15, 0.2) is 0 Å². The summed E-state index contributed by atoms with van der Waals surface area (Å²) in [5.41, 5.74) is 0. The van der Waals surface area contributed by atoms with E-state index in [1.807, 2.05) is 27.0 Å². The van der Waals surface area contributed by atoms with E-state index in [1.165, 1.54) is 0 Å². The molecule has 0 saturated heterocycles. The molecular formula is C10H19NO. The van der Waals surface area contributed by atoms with Gasteiger partial charge in [0, 0.05) is 0 Å². The maximum Gasteiger partial charge on any atom is 0.113 e. The van der Waals surface area contributed by atoms with Crippen LogP contribution < -0.4 is 5.32 Å². The van der Waals surface area contributed by atoms with Crippen molar-refractivity contribution in [2.75, 3.05) is 13.6 Å². The Morgan fingerprint density at radius 1 is 1.50 bits per heavy atom. The Kier molecular flexibility index (Phi) is 6.48. The molecule has 0 bridgehead atoms. The summed E-state index contributed by atoms with van der Waals surface area (Å²) in [4.78, 5) is 0. The minimum absolute atomic E-state index is 0.783. The summed E-state index contributed by atoms with van der Waals surface area (Å²) in [5, 5.41) is 3.05. The number of rotatable bonds is 5. The molecule has 2 nitrogen and oxygen atoms in total. The van der Waals surface area contributed by atoms with Gasteiger partial charge >= 0.3 is 0 Å². The highest BCUT2D eigenvalue weighted by atomic mass is 16.5. The van der Waals surface area contributed by atoms with Gasteiger partial charge in [0.25, 0.3) is 0 Å². The second-order valence-electron chi connectivity index (χ2n) is 2.61. The van der Waals surface area contributed by atoms with E-state index in [1.54, 1.807) is 0 Å². The molecule has 1 N–H and O–H groups in total. The fraction of sp³-hybridized carbons (Fsp3) is 0.600. The van der Waals surface area contributed by atoms with E-state index in [0.29, 0.717) is 0 Å². The molecule has 0 heterocycles. The zero-order valence-corrected chi connectivity index (χ0v) is 8.48. The molecule has 0 spiro atoms. The van der Waals surface area contributed by atoms with E-state index >= 15 is 0 Å². The second-order valence-corrected chi connectivity index (χ2v) is 2.61. The lowest BCUT2D eigenvalue weighted by Crippen LogP contribution is -2.11. The molecule has 0 aliphatic rings. The molecule has 12 heavy (non-hydrogen) atoms. The minimum atomic E-state index is 0.783. The highest BCUT2D eigenvalue weighted by molar-refractivity contribution is 5.00. The Bertz CT molecular complexity index is 171. The molecule has 2 heteroatoms. The van der Waals surface area contributed by atoms with Gasteiger partial charge in [-0.15, -0.1) is 0 Å². The van der Waals surface area contributed by atoms with E-state index in [-0.39, 0.29) is 0 Å². The number of ether oxygens (including phenoxy) is 1. The standard InChI is InChI=1S/C10H19NO/c1-5-7-9(3)12-10(6-2)8-11-4/h6-7,11H,5,8H2,1-4H3/b9-7-,10-6-. The molecule has 0 fully saturated rings. The SMILES string of the molecule is C/C=C(/CNC)O/C(C)=C\CC. The van der Waals surface area contributed by atoms with Gasteiger partial charge in [0.1, 0.15) is 5.76 Å². The van der Waals surface area contributed by atoms with Crippen LogP contribution in [0, 0.1) is 0 Å². The van der Waals surface area contributed by atoms with Crippen molar-refractivity contribution in [2.45, 2.75) is 27.2 Å². The van der Waals surface area contributed by atoms with E-state index in [9.17, 15) is 0 Å². The molecule has 0 saturated carbocycles. The van der Waals surface area contributed by atoms with Crippen molar-refractivity contribution in [3.05, 3.63) is 23.7 Å². The molecule has 0 rings (SSSR count). The zero-order chi connectivity index (χ0) is 9.40. The highest BCUT2D eigenvalue weighted by Crippen LogP contribution is 2.05. The fourth-order valence-electron chi connectivity index (χ4n) is 0.907. The Balaban J connectivity index is 3.95. The Hall–Kier alpha value is -0.760. The predicted molar refractivity (Wildman–Crippen MR) is 52.8 cm³/mol. The molecule has 0 radical (unpaired) electrons. The van der Waals surface area contributed by atoms with Crippen molar-refractivity contribution in [3.8, 4) is 0 Å². The second kappa shape index (κ2) is 6.92. The summed E-state index contributed by atoms with van der Waals surface area (Å²) in [5.74, 6) is 1.94. The van der Waals surface area contributed by atoms with E-state index in [0.717, 1.165) is 24.5 Å². The number of hydrogen-bond donors (Lipinski definition) is 1. The van der Waals surface area contributed by atoms with Crippen LogP contribution in [0.25, 0.3) is 0 Å². The van der Waals surface area contributed by atoms with Gasteiger partial charge < -0.3 is 10.1 Å². The van der Waals surface area contributed by atoms with Gasteiger partial charge in [-0.3, -0.25) is 0 Å². The monoisotopic (exact) mass is 169 g/mol. The highest BCUT2D eigenvalue weighted by Gasteiger charge is 1.95. The first-order valence-corrected chi connectivity index (χ1v) is 4.39. The molecule has 0 amide bonds. The van der Waals surface area contributed by atoms with Crippen molar-refractivity contribution in [1.82, 2.24) is 5.32 Å². The van der Waals surface area contributed by atoms with Crippen molar-refractivity contribution >= 4 is 0 Å². The predicted octanol–water partition coefficient (Wildman–Crippen LogP) is 2.44. The van der Waals surface area contributed by atoms with Crippen LogP contribution in [-0.4, -0.2) is 13.6 Å². The fourth-order valence-corrected chi connectivity index (χ4v) is 0.907. The summed E-state index contributed by atoms with van der Waals surface area (Å²) in [6, 6.07) is 0. The lowest BCUT2D eigenvalue weighted by atomic mass is 10.4. The van der Waals surface area contributed by atoms with Crippen LogP contribution in [-0.2, 0) is 4.74 Å². The summed E-state index contributed by atoms with van der Waals surface area (Å²) >= 11 is 0. The molecular weight excluding hydrogens is 150 g/mol. The number of allylic oxidation sites excluding steroid dienone is 3. The molecule has 0 aliphatic heterocycles. The topological polar surface area (TPSA) is 21.3 Å². The van der Waals surface area contributed by atoms with Crippen molar-refractivity contribution in [2.24, 2.45) is 0 Å². The van der Waals surface area contributed by atoms with E-state index in [4.69, 9.17) is 4.74 Å². The molecule has 0 aromatic rings. The van der Waals surface area contributed by atoms with Crippen LogP contribution in [0.1, 0.15) is 27.2 Å². The van der Waals surface area contributed by atoms with Crippen LogP contribution in [0.4, 0.5) is 0 Å². The van der Waals surface area contributed by atoms with Crippen LogP contribution in [0.15, 0.2) is 23.7 Å². The molecule has 0 aliphatic carbocycles. The van der Waals surface area contributed by atoms with Gasteiger partial charge in [0.05, 0.1) is 12.3 Å². The van der Waals surface area contributed by atoms with E-state index in [2.05, 4.69) is 18.3 Å². The van der Waals surface area contributed by atoms with Crippen LogP contribution in [0.5, 0.6) is 0 Å². The van der Waals surface area contributed by atoms with Crippen LogP contribution in [0.3, 0.4) is 0 Å². The van der Waals surface area contributed by atoms with Gasteiger partial charge in [0.2, 0.25) is 0 Å². The third-order valence-corrected chi connectivity index (χ3v) is 1.46. The quantitative estimate of drug-likeness (QED) is 0.638. The average molecular weight is 169 g/mol. The number of nitrogens with one attached hydrogen (secondary N) is 1. The third-order valence-electron chi connectivity index (χ3n) is 1.46. The van der Waals surface area contributed by atoms with Crippen molar-refractivity contribution in [3.63, 3.8) is 0 Å². The van der Waals surface area contributed by atoms with Crippen molar-refractivity contribution in [1.29, 1.82) is 0 Å². The first-order chi connectivity index (χ1) is 5.74. The van der Waals surface area contributed by atoms with Crippen LogP contribution >= 0.6 is 0 Å². The summed E-state index contributed by atoms with van der Waals surface area (Å²) < 4.78 is 5.54. The van der Waals surface area contributed by atoms with Crippen LogP contribution in [0.2, 0.25) is 0 Å².